The van der Waals surface area contributed by atoms with Gasteiger partial charge in [-0.05, 0) is 53.2 Å². The molecule has 2 rings (SSSR count). The second kappa shape index (κ2) is 8.91. The SMILES string of the molecule is CCOc1cccc(OCCCOc2ccc(Cl)cc2Br)c1. The lowest BCUT2D eigenvalue weighted by Gasteiger charge is -2.10. The van der Waals surface area contributed by atoms with E-state index >= 15 is 0 Å². The highest BCUT2D eigenvalue weighted by Gasteiger charge is 2.02. The van der Waals surface area contributed by atoms with Crippen molar-refractivity contribution >= 4 is 27.5 Å². The molecule has 0 spiro atoms. The first-order valence-electron chi connectivity index (χ1n) is 7.12. The van der Waals surface area contributed by atoms with E-state index in [0.717, 1.165) is 28.1 Å². The molecule has 0 saturated heterocycles. The van der Waals surface area contributed by atoms with Crippen molar-refractivity contribution in [2.24, 2.45) is 0 Å². The summed E-state index contributed by atoms with van der Waals surface area (Å²) in [5.74, 6) is 2.41. The van der Waals surface area contributed by atoms with Crippen molar-refractivity contribution in [3.8, 4) is 17.2 Å². The third-order valence-electron chi connectivity index (χ3n) is 2.83. The molecule has 3 nitrogen and oxygen atoms in total. The molecule has 0 aliphatic heterocycles. The first-order valence-corrected chi connectivity index (χ1v) is 8.29. The molecule has 22 heavy (non-hydrogen) atoms. The Morgan fingerprint density at radius 1 is 0.955 bits per heavy atom. The van der Waals surface area contributed by atoms with Gasteiger partial charge in [0.05, 0.1) is 24.3 Å². The summed E-state index contributed by atoms with van der Waals surface area (Å²) in [5.41, 5.74) is 0. The molecule has 2 aromatic rings. The topological polar surface area (TPSA) is 27.7 Å². The Hall–Kier alpha value is -1.39. The van der Waals surface area contributed by atoms with Gasteiger partial charge in [0, 0.05) is 17.5 Å². The van der Waals surface area contributed by atoms with Gasteiger partial charge in [-0.3, -0.25) is 0 Å². The van der Waals surface area contributed by atoms with Crippen LogP contribution in [0.4, 0.5) is 0 Å². The van der Waals surface area contributed by atoms with Crippen LogP contribution in [0.1, 0.15) is 13.3 Å². The highest BCUT2D eigenvalue weighted by atomic mass is 79.9. The Bertz CT molecular complexity index is 604. The molecule has 118 valence electrons. The van der Waals surface area contributed by atoms with Gasteiger partial charge in [0.2, 0.25) is 0 Å². The lowest BCUT2D eigenvalue weighted by Crippen LogP contribution is -2.05. The monoisotopic (exact) mass is 384 g/mol. The third-order valence-corrected chi connectivity index (χ3v) is 3.68. The molecule has 0 amide bonds. The molecular formula is C17H18BrClO3. The molecule has 0 fully saturated rings. The van der Waals surface area contributed by atoms with Crippen molar-refractivity contribution in [1.29, 1.82) is 0 Å². The van der Waals surface area contributed by atoms with Gasteiger partial charge in [-0.2, -0.15) is 0 Å². The van der Waals surface area contributed by atoms with Crippen LogP contribution in [0.25, 0.3) is 0 Å². The van der Waals surface area contributed by atoms with Gasteiger partial charge in [0.1, 0.15) is 17.2 Å². The van der Waals surface area contributed by atoms with Crippen LogP contribution < -0.4 is 14.2 Å². The van der Waals surface area contributed by atoms with Crippen molar-refractivity contribution in [3.63, 3.8) is 0 Å². The predicted octanol–water partition coefficient (Wildman–Crippen LogP) is 5.35. The first kappa shape index (κ1) is 17.0. The molecule has 0 saturated carbocycles. The van der Waals surface area contributed by atoms with Crippen LogP contribution in [0.5, 0.6) is 17.2 Å². The number of hydrogen-bond acceptors (Lipinski definition) is 3. The fourth-order valence-corrected chi connectivity index (χ4v) is 2.64. The molecule has 0 unspecified atom stereocenters. The van der Waals surface area contributed by atoms with Gasteiger partial charge in [-0.25, -0.2) is 0 Å². The molecule has 0 aliphatic rings. The smallest absolute Gasteiger partial charge is 0.133 e. The van der Waals surface area contributed by atoms with Gasteiger partial charge in [-0.1, -0.05) is 17.7 Å². The number of halogens is 2. The Morgan fingerprint density at radius 2 is 1.68 bits per heavy atom. The number of rotatable bonds is 8. The first-order chi connectivity index (χ1) is 10.7. The Morgan fingerprint density at radius 3 is 2.41 bits per heavy atom. The van der Waals surface area contributed by atoms with Crippen molar-refractivity contribution in [2.45, 2.75) is 13.3 Å². The zero-order valence-corrected chi connectivity index (χ0v) is 14.7. The van der Waals surface area contributed by atoms with E-state index in [0.29, 0.717) is 24.8 Å². The summed E-state index contributed by atoms with van der Waals surface area (Å²) in [4.78, 5) is 0. The summed E-state index contributed by atoms with van der Waals surface area (Å²) in [6.45, 7) is 3.76. The van der Waals surface area contributed by atoms with Gasteiger partial charge in [0.15, 0.2) is 0 Å². The maximum absolute atomic E-state index is 5.89. The molecule has 2 aromatic carbocycles. The van der Waals surface area contributed by atoms with E-state index in [1.807, 2.05) is 43.3 Å². The number of benzene rings is 2. The second-order valence-electron chi connectivity index (χ2n) is 4.53. The minimum atomic E-state index is 0.575. The van der Waals surface area contributed by atoms with Gasteiger partial charge >= 0.3 is 0 Å². The fourth-order valence-electron chi connectivity index (χ4n) is 1.84. The van der Waals surface area contributed by atoms with Crippen molar-refractivity contribution in [3.05, 3.63) is 52.0 Å². The molecule has 0 radical (unpaired) electrons. The van der Waals surface area contributed by atoms with E-state index in [9.17, 15) is 0 Å². The number of ether oxygens (including phenoxy) is 3. The Labute approximate surface area is 144 Å². The van der Waals surface area contributed by atoms with E-state index in [1.165, 1.54) is 0 Å². The maximum Gasteiger partial charge on any atom is 0.133 e. The Kier molecular flexibility index (Phi) is 6.87. The van der Waals surface area contributed by atoms with Gasteiger partial charge in [-0.15, -0.1) is 0 Å². The summed E-state index contributed by atoms with van der Waals surface area (Å²) >= 11 is 9.31. The summed E-state index contributed by atoms with van der Waals surface area (Å²) < 4.78 is 17.7. The second-order valence-corrected chi connectivity index (χ2v) is 5.82. The van der Waals surface area contributed by atoms with Gasteiger partial charge < -0.3 is 14.2 Å². The van der Waals surface area contributed by atoms with Crippen molar-refractivity contribution in [1.82, 2.24) is 0 Å². The third kappa shape index (κ3) is 5.43. The normalized spacial score (nSPS) is 10.3. The minimum absolute atomic E-state index is 0.575. The van der Waals surface area contributed by atoms with Crippen LogP contribution in [0.3, 0.4) is 0 Å². The Balaban J connectivity index is 1.72. The summed E-state index contributed by atoms with van der Waals surface area (Å²) in [7, 11) is 0. The summed E-state index contributed by atoms with van der Waals surface area (Å²) in [6.07, 6.45) is 0.786. The molecule has 0 atom stereocenters. The molecule has 0 heterocycles. The summed E-state index contributed by atoms with van der Waals surface area (Å²) in [6, 6.07) is 13.1. The minimum Gasteiger partial charge on any atom is -0.494 e. The zero-order chi connectivity index (χ0) is 15.8. The highest BCUT2D eigenvalue weighted by molar-refractivity contribution is 9.10. The van der Waals surface area contributed by atoms with Crippen LogP contribution in [-0.4, -0.2) is 19.8 Å². The molecular weight excluding hydrogens is 368 g/mol. The van der Waals surface area contributed by atoms with E-state index in [4.69, 9.17) is 25.8 Å². The van der Waals surface area contributed by atoms with E-state index in [-0.39, 0.29) is 0 Å². The molecule has 0 bridgehead atoms. The largest absolute Gasteiger partial charge is 0.494 e. The summed E-state index contributed by atoms with van der Waals surface area (Å²) in [5, 5.41) is 0.678. The molecule has 0 N–H and O–H groups in total. The van der Waals surface area contributed by atoms with Crippen LogP contribution in [-0.2, 0) is 0 Å². The number of hydrogen-bond donors (Lipinski definition) is 0. The predicted molar refractivity (Wildman–Crippen MR) is 92.4 cm³/mol. The molecule has 5 heteroatoms. The van der Waals surface area contributed by atoms with Crippen molar-refractivity contribution in [2.75, 3.05) is 19.8 Å². The molecule has 0 aliphatic carbocycles. The van der Waals surface area contributed by atoms with E-state index in [1.54, 1.807) is 6.07 Å². The van der Waals surface area contributed by atoms with E-state index < -0.39 is 0 Å². The van der Waals surface area contributed by atoms with Crippen LogP contribution in [0.2, 0.25) is 5.02 Å². The lowest BCUT2D eigenvalue weighted by atomic mass is 10.3. The van der Waals surface area contributed by atoms with Crippen molar-refractivity contribution < 1.29 is 14.2 Å². The van der Waals surface area contributed by atoms with Crippen LogP contribution >= 0.6 is 27.5 Å². The average Bonchev–Trinajstić information content (AvgIpc) is 2.50. The zero-order valence-electron chi connectivity index (χ0n) is 12.4. The maximum atomic E-state index is 5.89. The fraction of sp³-hybridized carbons (Fsp3) is 0.294. The quantitative estimate of drug-likeness (QED) is 0.573. The van der Waals surface area contributed by atoms with E-state index in [2.05, 4.69) is 15.9 Å². The van der Waals surface area contributed by atoms with Crippen LogP contribution in [0, 0.1) is 0 Å². The standard InChI is InChI=1S/C17H18BrClO3/c1-2-20-14-5-3-6-15(12-14)21-9-4-10-22-17-8-7-13(19)11-16(17)18/h3,5-8,11-12H,2,4,9-10H2,1H3. The van der Waals surface area contributed by atoms with Gasteiger partial charge in [0.25, 0.3) is 0 Å². The molecule has 0 aromatic heterocycles. The average molecular weight is 386 g/mol. The highest BCUT2D eigenvalue weighted by Crippen LogP contribution is 2.28. The lowest BCUT2D eigenvalue weighted by molar-refractivity contribution is 0.245. The van der Waals surface area contributed by atoms with Crippen LogP contribution in [0.15, 0.2) is 46.9 Å².